The number of thiazole rings is 1. The molecule has 1 fully saturated rings. The van der Waals surface area contributed by atoms with E-state index in [-0.39, 0.29) is 0 Å². The van der Waals surface area contributed by atoms with Gasteiger partial charge >= 0.3 is 0 Å². The number of piperazine rings is 1. The zero-order chi connectivity index (χ0) is 21.3. The smallest absolute Gasteiger partial charge is 0.156 e. The van der Waals surface area contributed by atoms with Gasteiger partial charge in [-0.15, -0.1) is 11.3 Å². The van der Waals surface area contributed by atoms with Crippen molar-refractivity contribution in [3.63, 3.8) is 0 Å². The fourth-order valence-electron chi connectivity index (χ4n) is 5.19. The van der Waals surface area contributed by atoms with Crippen LogP contribution in [0.3, 0.4) is 0 Å². The van der Waals surface area contributed by atoms with Gasteiger partial charge in [0.05, 0.1) is 5.56 Å². The molecule has 6 nitrogen and oxygen atoms in total. The van der Waals surface area contributed by atoms with E-state index in [0.29, 0.717) is 0 Å². The van der Waals surface area contributed by atoms with Crippen molar-refractivity contribution in [2.24, 2.45) is 0 Å². The molecule has 2 aliphatic rings. The molecule has 2 aliphatic heterocycles. The van der Waals surface area contributed by atoms with Crippen molar-refractivity contribution in [3.8, 4) is 10.6 Å². The molecule has 7 heteroatoms. The molecular formula is C25H28N6S. The number of benzene rings is 1. The van der Waals surface area contributed by atoms with Crippen molar-refractivity contribution in [3.05, 3.63) is 59.5 Å². The first-order valence-electron chi connectivity index (χ1n) is 11.7. The van der Waals surface area contributed by atoms with E-state index in [1.54, 1.807) is 17.7 Å². The van der Waals surface area contributed by atoms with Crippen molar-refractivity contribution in [2.75, 3.05) is 37.6 Å². The highest BCUT2D eigenvalue weighted by atomic mass is 32.1. The maximum atomic E-state index is 4.81. The summed E-state index contributed by atoms with van der Waals surface area (Å²) < 4.78 is 2.49. The summed E-state index contributed by atoms with van der Waals surface area (Å²) in [7, 11) is 0. The summed E-state index contributed by atoms with van der Waals surface area (Å²) >= 11 is 1.71. The monoisotopic (exact) mass is 444 g/mol. The molecule has 0 amide bonds. The van der Waals surface area contributed by atoms with Crippen LogP contribution in [0.1, 0.15) is 24.1 Å². The third-order valence-corrected chi connectivity index (χ3v) is 7.64. The summed E-state index contributed by atoms with van der Waals surface area (Å²) in [6.45, 7) is 6.33. The van der Waals surface area contributed by atoms with Crippen molar-refractivity contribution in [1.82, 2.24) is 24.4 Å². The molecule has 1 aromatic carbocycles. The van der Waals surface area contributed by atoms with Crippen LogP contribution in [0.25, 0.3) is 21.6 Å². The lowest BCUT2D eigenvalue weighted by Crippen LogP contribution is -2.47. The highest BCUT2D eigenvalue weighted by Crippen LogP contribution is 2.40. The Kier molecular flexibility index (Phi) is 5.37. The number of hydrogen-bond donors (Lipinski definition) is 0. The highest BCUT2D eigenvalue weighted by Gasteiger charge is 2.28. The fraction of sp³-hybridized carbons (Fsp3) is 0.400. The number of aromatic nitrogens is 4. The van der Waals surface area contributed by atoms with Gasteiger partial charge in [-0.1, -0.05) is 30.3 Å². The number of aryl methyl sites for hydroxylation is 1. The second-order valence-corrected chi connectivity index (χ2v) is 9.62. The zero-order valence-electron chi connectivity index (χ0n) is 18.3. The number of nitrogens with zero attached hydrogens (tertiary/aromatic N) is 6. The Morgan fingerprint density at radius 2 is 1.78 bits per heavy atom. The van der Waals surface area contributed by atoms with Gasteiger partial charge in [0.25, 0.3) is 0 Å². The predicted octanol–water partition coefficient (Wildman–Crippen LogP) is 4.26. The zero-order valence-corrected chi connectivity index (χ0v) is 19.1. The Morgan fingerprint density at radius 1 is 0.906 bits per heavy atom. The molecule has 6 rings (SSSR count). The number of anilines is 1. The molecule has 0 bridgehead atoms. The largest absolute Gasteiger partial charge is 0.352 e. The van der Waals surface area contributed by atoms with Crippen LogP contribution in [-0.4, -0.2) is 57.1 Å². The van der Waals surface area contributed by atoms with Gasteiger partial charge in [0.1, 0.15) is 22.4 Å². The van der Waals surface area contributed by atoms with Crippen LogP contribution in [0, 0.1) is 0 Å². The lowest BCUT2D eigenvalue weighted by molar-refractivity contribution is 0.260. The van der Waals surface area contributed by atoms with Gasteiger partial charge in [0.15, 0.2) is 5.82 Å². The van der Waals surface area contributed by atoms with Gasteiger partial charge < -0.3 is 9.47 Å². The van der Waals surface area contributed by atoms with E-state index >= 15 is 0 Å². The highest BCUT2D eigenvalue weighted by molar-refractivity contribution is 7.13. The first-order chi connectivity index (χ1) is 15.9. The fourth-order valence-corrected chi connectivity index (χ4v) is 5.90. The van der Waals surface area contributed by atoms with Crippen molar-refractivity contribution in [2.45, 2.75) is 32.2 Å². The van der Waals surface area contributed by atoms with E-state index in [4.69, 9.17) is 9.97 Å². The van der Waals surface area contributed by atoms with Gasteiger partial charge in [-0.05, 0) is 31.2 Å². The van der Waals surface area contributed by atoms with Gasteiger partial charge in [-0.3, -0.25) is 4.90 Å². The van der Waals surface area contributed by atoms with Crippen molar-refractivity contribution < 1.29 is 0 Å². The van der Waals surface area contributed by atoms with E-state index in [1.165, 1.54) is 35.2 Å². The minimum Gasteiger partial charge on any atom is -0.352 e. The summed E-state index contributed by atoms with van der Waals surface area (Å²) in [6.07, 6.45) is 8.31. The van der Waals surface area contributed by atoms with Crippen LogP contribution >= 0.6 is 11.3 Å². The molecule has 0 aliphatic carbocycles. The average molecular weight is 445 g/mol. The number of fused-ring (bicyclic) bond motifs is 3. The second-order valence-electron chi connectivity index (χ2n) is 8.73. The Labute approximate surface area is 192 Å². The maximum Gasteiger partial charge on any atom is 0.156 e. The Bertz CT molecular complexity index is 1190. The molecule has 0 N–H and O–H groups in total. The molecule has 0 spiro atoms. The first kappa shape index (κ1) is 19.9. The molecule has 164 valence electrons. The standard InChI is InChI=1S/C25H28N6S/c1-2-6-19(7-3-1)9-12-29-13-15-30(16-14-29)24-23-22(27-18-28-24)21(25-26-10-17-32-25)20-8-4-5-11-31(20)23/h1-3,6-7,10,17-18H,4-5,8-9,11-16H2. The van der Waals surface area contributed by atoms with E-state index < -0.39 is 0 Å². The number of hydrogen-bond acceptors (Lipinski definition) is 6. The molecule has 32 heavy (non-hydrogen) atoms. The minimum absolute atomic E-state index is 1.01. The Morgan fingerprint density at radius 3 is 2.59 bits per heavy atom. The third kappa shape index (κ3) is 3.59. The molecule has 0 saturated carbocycles. The predicted molar refractivity (Wildman–Crippen MR) is 130 cm³/mol. The van der Waals surface area contributed by atoms with Gasteiger partial charge in [0, 0.05) is 56.5 Å². The lowest BCUT2D eigenvalue weighted by Gasteiger charge is -2.35. The van der Waals surface area contributed by atoms with Gasteiger partial charge in [-0.2, -0.15) is 0 Å². The van der Waals surface area contributed by atoms with Crippen LogP contribution in [0.4, 0.5) is 5.82 Å². The van der Waals surface area contributed by atoms with Crippen LogP contribution in [-0.2, 0) is 19.4 Å². The van der Waals surface area contributed by atoms with E-state index in [0.717, 1.165) is 68.5 Å². The average Bonchev–Trinajstić information content (AvgIpc) is 3.49. The summed E-state index contributed by atoms with van der Waals surface area (Å²) in [5.41, 5.74) is 6.34. The molecule has 0 radical (unpaired) electrons. The minimum atomic E-state index is 1.01. The van der Waals surface area contributed by atoms with Gasteiger partial charge in [-0.25, -0.2) is 15.0 Å². The lowest BCUT2D eigenvalue weighted by atomic mass is 10.1. The Hall–Kier alpha value is -2.77. The molecule has 5 heterocycles. The molecule has 3 aromatic heterocycles. The van der Waals surface area contributed by atoms with E-state index in [9.17, 15) is 0 Å². The Balaban J connectivity index is 1.27. The topological polar surface area (TPSA) is 50.1 Å². The van der Waals surface area contributed by atoms with E-state index in [1.807, 2.05) is 6.20 Å². The van der Waals surface area contributed by atoms with E-state index in [2.05, 4.69) is 55.1 Å². The molecule has 4 aromatic rings. The normalized spacial score (nSPS) is 17.1. The molecule has 0 atom stereocenters. The van der Waals surface area contributed by atoms with Crippen LogP contribution < -0.4 is 4.90 Å². The summed E-state index contributed by atoms with van der Waals surface area (Å²) in [5.74, 6) is 1.10. The summed E-state index contributed by atoms with van der Waals surface area (Å²) in [5, 5.41) is 3.14. The number of rotatable bonds is 5. The first-order valence-corrected chi connectivity index (χ1v) is 12.5. The third-order valence-electron chi connectivity index (χ3n) is 6.85. The summed E-state index contributed by atoms with van der Waals surface area (Å²) in [6, 6.07) is 10.8. The quantitative estimate of drug-likeness (QED) is 0.460. The van der Waals surface area contributed by atoms with Crippen LogP contribution in [0.15, 0.2) is 48.2 Å². The SMILES string of the molecule is c1ccc(CCN2CCN(c3ncnc4c(-c5nccs5)c5n(c34)CCCC5)CC2)cc1. The maximum absolute atomic E-state index is 4.81. The second kappa shape index (κ2) is 8.64. The molecule has 0 unspecified atom stereocenters. The molecule has 1 saturated heterocycles. The van der Waals surface area contributed by atoms with Crippen LogP contribution in [0.5, 0.6) is 0 Å². The van der Waals surface area contributed by atoms with Gasteiger partial charge in [0.2, 0.25) is 0 Å². The molecular weight excluding hydrogens is 416 g/mol. The summed E-state index contributed by atoms with van der Waals surface area (Å²) in [4.78, 5) is 19.3. The van der Waals surface area contributed by atoms with Crippen molar-refractivity contribution >= 4 is 28.2 Å². The van der Waals surface area contributed by atoms with Crippen LogP contribution in [0.2, 0.25) is 0 Å². The van der Waals surface area contributed by atoms with Crippen molar-refractivity contribution in [1.29, 1.82) is 0 Å².